The van der Waals surface area contributed by atoms with Crippen LogP contribution >= 0.6 is 0 Å². The van der Waals surface area contributed by atoms with E-state index in [4.69, 9.17) is 4.74 Å². The first-order valence-corrected chi connectivity index (χ1v) is 6.11. The lowest BCUT2D eigenvalue weighted by molar-refractivity contribution is -0.136. The third-order valence-electron chi connectivity index (χ3n) is 4.85. The van der Waals surface area contributed by atoms with Gasteiger partial charge in [-0.1, -0.05) is 24.6 Å². The molecule has 3 aliphatic rings. The Morgan fingerprint density at radius 3 is 2.81 bits per heavy atom. The first kappa shape index (κ1) is 10.1. The van der Waals surface area contributed by atoms with Gasteiger partial charge in [0.05, 0.1) is 7.11 Å². The van der Waals surface area contributed by atoms with Gasteiger partial charge in [-0.3, -0.25) is 0 Å². The molecule has 0 N–H and O–H groups in total. The van der Waals surface area contributed by atoms with Crippen molar-refractivity contribution in [3.05, 3.63) is 23.3 Å². The molecule has 2 heteroatoms. The summed E-state index contributed by atoms with van der Waals surface area (Å²) in [5.74, 6) is 3.27. The van der Waals surface area contributed by atoms with Gasteiger partial charge in [0.25, 0.3) is 0 Å². The first-order valence-electron chi connectivity index (χ1n) is 6.11. The van der Waals surface area contributed by atoms with Crippen LogP contribution in [0.5, 0.6) is 0 Å². The summed E-state index contributed by atoms with van der Waals surface area (Å²) in [6.45, 7) is 4.60. The third kappa shape index (κ3) is 1.10. The van der Waals surface area contributed by atoms with Crippen LogP contribution in [0.15, 0.2) is 23.3 Å². The van der Waals surface area contributed by atoms with E-state index in [9.17, 15) is 4.79 Å². The molecule has 86 valence electrons. The number of allylic oxidation sites excluding steroid dienone is 3. The van der Waals surface area contributed by atoms with Gasteiger partial charge in [0.2, 0.25) is 0 Å². The van der Waals surface area contributed by atoms with Crippen molar-refractivity contribution in [2.45, 2.75) is 20.3 Å². The summed E-state index contributed by atoms with van der Waals surface area (Å²) in [7, 11) is 1.47. The molecule has 0 spiro atoms. The molecule has 3 rings (SSSR count). The zero-order valence-electron chi connectivity index (χ0n) is 10.1. The predicted molar refractivity (Wildman–Crippen MR) is 61.6 cm³/mol. The maximum absolute atomic E-state index is 11.5. The maximum Gasteiger partial charge on any atom is 0.333 e. The Labute approximate surface area is 96.4 Å². The molecule has 0 aromatic heterocycles. The van der Waals surface area contributed by atoms with Crippen molar-refractivity contribution < 1.29 is 9.53 Å². The van der Waals surface area contributed by atoms with E-state index in [-0.39, 0.29) is 5.97 Å². The van der Waals surface area contributed by atoms with Crippen LogP contribution in [-0.4, -0.2) is 13.1 Å². The molecule has 0 radical (unpaired) electrons. The van der Waals surface area contributed by atoms with E-state index in [2.05, 4.69) is 26.0 Å². The topological polar surface area (TPSA) is 26.3 Å². The van der Waals surface area contributed by atoms with E-state index in [1.165, 1.54) is 7.11 Å². The Bertz CT molecular complexity index is 405. The molecule has 0 saturated heterocycles. The highest BCUT2D eigenvalue weighted by atomic mass is 16.5. The van der Waals surface area contributed by atoms with Gasteiger partial charge in [-0.05, 0) is 42.9 Å². The quantitative estimate of drug-likeness (QED) is 0.499. The Hall–Kier alpha value is -1.05. The van der Waals surface area contributed by atoms with Gasteiger partial charge < -0.3 is 4.74 Å². The monoisotopic (exact) mass is 218 g/mol. The van der Waals surface area contributed by atoms with Crippen LogP contribution in [0.3, 0.4) is 0 Å². The Morgan fingerprint density at radius 1 is 1.38 bits per heavy atom. The second-order valence-corrected chi connectivity index (χ2v) is 5.50. The standard InChI is InChI=1S/C14H18O2/c1-7-4-10-8(2)13(7)12-6-9(5-11(10)12)14(15)16-3/h4-5,8,10-13H,6H2,1-3H3/t8-,10?,11?,12?,13?/m0/s1. The van der Waals surface area contributed by atoms with Crippen LogP contribution in [0.25, 0.3) is 0 Å². The largest absolute Gasteiger partial charge is 0.466 e. The molecule has 5 atom stereocenters. The second kappa shape index (κ2) is 3.22. The molecular formula is C14H18O2. The van der Waals surface area contributed by atoms with Gasteiger partial charge in [-0.15, -0.1) is 0 Å². The predicted octanol–water partition coefficient (Wildman–Crippen LogP) is 2.56. The van der Waals surface area contributed by atoms with E-state index >= 15 is 0 Å². The van der Waals surface area contributed by atoms with Gasteiger partial charge in [-0.25, -0.2) is 4.79 Å². The average molecular weight is 218 g/mol. The fourth-order valence-electron chi connectivity index (χ4n) is 4.27. The van der Waals surface area contributed by atoms with Gasteiger partial charge >= 0.3 is 5.97 Å². The lowest BCUT2D eigenvalue weighted by Crippen LogP contribution is -2.16. The zero-order valence-corrected chi connectivity index (χ0v) is 10.1. The van der Waals surface area contributed by atoms with Crippen LogP contribution in [0.4, 0.5) is 0 Å². The molecule has 0 heterocycles. The number of ether oxygens (including phenoxy) is 1. The summed E-state index contributed by atoms with van der Waals surface area (Å²) < 4.78 is 4.82. The number of carbonyl (C=O) groups is 1. The minimum absolute atomic E-state index is 0.126. The molecular weight excluding hydrogens is 200 g/mol. The summed E-state index contributed by atoms with van der Waals surface area (Å²) in [4.78, 5) is 11.5. The second-order valence-electron chi connectivity index (χ2n) is 5.50. The summed E-state index contributed by atoms with van der Waals surface area (Å²) >= 11 is 0. The average Bonchev–Trinajstić information content (AvgIpc) is 2.86. The number of fused-ring (bicyclic) bond motifs is 5. The molecule has 2 bridgehead atoms. The highest BCUT2D eigenvalue weighted by Gasteiger charge is 2.53. The van der Waals surface area contributed by atoms with Gasteiger partial charge in [0.15, 0.2) is 0 Å². The smallest absolute Gasteiger partial charge is 0.333 e. The van der Waals surface area contributed by atoms with Crippen molar-refractivity contribution in [3.63, 3.8) is 0 Å². The lowest BCUT2D eigenvalue weighted by atomic mass is 9.81. The number of methoxy groups -OCH3 is 1. The molecule has 2 nitrogen and oxygen atoms in total. The van der Waals surface area contributed by atoms with E-state index < -0.39 is 0 Å². The highest BCUT2D eigenvalue weighted by molar-refractivity contribution is 5.89. The molecule has 3 aliphatic carbocycles. The fourth-order valence-corrected chi connectivity index (χ4v) is 4.27. The van der Waals surface area contributed by atoms with Crippen molar-refractivity contribution in [3.8, 4) is 0 Å². The summed E-state index contributed by atoms with van der Waals surface area (Å²) in [5.41, 5.74) is 2.45. The third-order valence-corrected chi connectivity index (χ3v) is 4.85. The summed E-state index contributed by atoms with van der Waals surface area (Å²) in [6, 6.07) is 0. The molecule has 0 aliphatic heterocycles. The zero-order chi connectivity index (χ0) is 11.4. The maximum atomic E-state index is 11.5. The fraction of sp³-hybridized carbons (Fsp3) is 0.643. The molecule has 16 heavy (non-hydrogen) atoms. The van der Waals surface area contributed by atoms with Crippen molar-refractivity contribution >= 4 is 5.97 Å². The van der Waals surface area contributed by atoms with Crippen LogP contribution in [-0.2, 0) is 9.53 Å². The minimum Gasteiger partial charge on any atom is -0.466 e. The molecule has 1 saturated carbocycles. The minimum atomic E-state index is -0.126. The van der Waals surface area contributed by atoms with Crippen LogP contribution in [0.1, 0.15) is 20.3 Å². The summed E-state index contributed by atoms with van der Waals surface area (Å²) in [5, 5.41) is 0. The number of hydrogen-bond donors (Lipinski definition) is 0. The Kier molecular flexibility index (Phi) is 2.04. The number of rotatable bonds is 1. The van der Waals surface area contributed by atoms with Crippen LogP contribution in [0, 0.1) is 29.6 Å². The van der Waals surface area contributed by atoms with E-state index in [0.717, 1.165) is 17.9 Å². The highest BCUT2D eigenvalue weighted by Crippen LogP contribution is 2.59. The normalized spacial score (nSPS) is 44.1. The molecule has 1 fully saturated rings. The SMILES string of the molecule is COC(=O)C1=CC2C(C1)C1C(C)=CC2[C@@H]1C. The van der Waals surface area contributed by atoms with Crippen LogP contribution < -0.4 is 0 Å². The van der Waals surface area contributed by atoms with E-state index in [1.54, 1.807) is 5.57 Å². The lowest BCUT2D eigenvalue weighted by Gasteiger charge is -2.23. The Balaban J connectivity index is 1.89. The van der Waals surface area contributed by atoms with Gasteiger partial charge in [-0.2, -0.15) is 0 Å². The first-order chi connectivity index (χ1) is 7.63. The molecule has 0 aromatic carbocycles. The number of esters is 1. The summed E-state index contributed by atoms with van der Waals surface area (Å²) in [6.07, 6.45) is 5.53. The van der Waals surface area contributed by atoms with Crippen LogP contribution in [0.2, 0.25) is 0 Å². The number of hydrogen-bond acceptors (Lipinski definition) is 2. The van der Waals surface area contributed by atoms with Crippen molar-refractivity contribution in [2.24, 2.45) is 29.6 Å². The van der Waals surface area contributed by atoms with Gasteiger partial charge in [0, 0.05) is 5.57 Å². The van der Waals surface area contributed by atoms with Crippen molar-refractivity contribution in [1.29, 1.82) is 0 Å². The van der Waals surface area contributed by atoms with Crippen molar-refractivity contribution in [1.82, 2.24) is 0 Å². The molecule has 0 aromatic rings. The van der Waals surface area contributed by atoms with Gasteiger partial charge in [0.1, 0.15) is 0 Å². The van der Waals surface area contributed by atoms with E-state index in [1.807, 2.05) is 0 Å². The van der Waals surface area contributed by atoms with Crippen molar-refractivity contribution in [2.75, 3.05) is 7.11 Å². The number of carbonyl (C=O) groups excluding carboxylic acids is 1. The Morgan fingerprint density at radius 2 is 2.12 bits per heavy atom. The van der Waals surface area contributed by atoms with E-state index in [0.29, 0.717) is 23.7 Å². The molecule has 0 amide bonds. The molecule has 4 unspecified atom stereocenters.